The van der Waals surface area contributed by atoms with Crippen molar-refractivity contribution in [2.24, 2.45) is 0 Å². The number of carbonyl (C=O) groups excluding carboxylic acids is 1. The number of thiophene rings is 1. The van der Waals surface area contributed by atoms with Gasteiger partial charge in [-0.2, -0.15) is 0 Å². The van der Waals surface area contributed by atoms with E-state index in [0.717, 1.165) is 23.7 Å². The van der Waals surface area contributed by atoms with Crippen molar-refractivity contribution in [3.63, 3.8) is 0 Å². The Hall–Kier alpha value is -1.71. The van der Waals surface area contributed by atoms with E-state index in [-0.39, 0.29) is 20.7 Å². The minimum absolute atomic E-state index is 0.0604. The zero-order valence-electron chi connectivity index (χ0n) is 10.0. The van der Waals surface area contributed by atoms with E-state index in [1.807, 2.05) is 0 Å². The van der Waals surface area contributed by atoms with E-state index in [2.05, 4.69) is 19.4 Å². The van der Waals surface area contributed by atoms with Crippen molar-refractivity contribution in [1.29, 1.82) is 0 Å². The molecule has 2 aromatic rings. The third kappa shape index (κ3) is 3.06. The summed E-state index contributed by atoms with van der Waals surface area (Å²) < 4.78 is 31.0. The fourth-order valence-corrected chi connectivity index (χ4v) is 3.17. The summed E-state index contributed by atoms with van der Waals surface area (Å²) in [6.07, 6.45) is 2.14. The van der Waals surface area contributed by atoms with Gasteiger partial charge in [-0.25, -0.2) is 23.2 Å². The average molecular weight is 334 g/mol. The largest absolute Gasteiger partial charge is 0.465 e. The Morgan fingerprint density at radius 1 is 1.40 bits per heavy atom. The van der Waals surface area contributed by atoms with Gasteiger partial charge in [0.2, 0.25) is 5.28 Å². The summed E-state index contributed by atoms with van der Waals surface area (Å²) >= 11 is 6.56. The molecule has 2 rings (SSSR count). The number of halogens is 1. The van der Waals surface area contributed by atoms with E-state index in [1.165, 1.54) is 13.2 Å². The molecule has 0 bridgehead atoms. The maximum atomic E-state index is 12.1. The number of nitrogens with zero attached hydrogens (tertiary/aromatic N) is 2. The summed E-state index contributed by atoms with van der Waals surface area (Å²) in [5.74, 6) is -0.620. The number of aromatic nitrogens is 2. The van der Waals surface area contributed by atoms with Crippen LogP contribution >= 0.6 is 22.9 Å². The molecule has 7 nitrogen and oxygen atoms in total. The monoisotopic (exact) mass is 333 g/mol. The van der Waals surface area contributed by atoms with E-state index >= 15 is 0 Å². The topological polar surface area (TPSA) is 98.2 Å². The first kappa shape index (κ1) is 14.7. The van der Waals surface area contributed by atoms with E-state index in [0.29, 0.717) is 0 Å². The third-order valence-electron chi connectivity index (χ3n) is 2.19. The van der Waals surface area contributed by atoms with Gasteiger partial charge in [-0.15, -0.1) is 11.3 Å². The summed E-state index contributed by atoms with van der Waals surface area (Å²) in [4.78, 5) is 18.7. The highest BCUT2D eigenvalue weighted by molar-refractivity contribution is 7.92. The molecule has 0 aliphatic heterocycles. The lowest BCUT2D eigenvalue weighted by Gasteiger charge is -2.07. The Labute approximate surface area is 123 Å². The van der Waals surface area contributed by atoms with Crippen LogP contribution in [-0.2, 0) is 14.8 Å². The molecule has 0 fully saturated rings. The second-order valence-electron chi connectivity index (χ2n) is 3.45. The first-order chi connectivity index (χ1) is 9.44. The smallest absolute Gasteiger partial charge is 0.350 e. The first-order valence-corrected chi connectivity index (χ1v) is 7.84. The predicted octanol–water partition coefficient (Wildman–Crippen LogP) is 1.78. The van der Waals surface area contributed by atoms with Crippen LogP contribution < -0.4 is 4.72 Å². The lowest BCUT2D eigenvalue weighted by molar-refractivity contribution is 0.0607. The maximum absolute atomic E-state index is 12.1. The van der Waals surface area contributed by atoms with Gasteiger partial charge in [0.1, 0.15) is 9.77 Å². The van der Waals surface area contributed by atoms with Crippen LogP contribution in [0, 0.1) is 0 Å². The van der Waals surface area contributed by atoms with Crippen molar-refractivity contribution in [3.8, 4) is 0 Å². The van der Waals surface area contributed by atoms with Gasteiger partial charge >= 0.3 is 5.97 Å². The molecule has 0 aliphatic rings. The van der Waals surface area contributed by atoms with Crippen LogP contribution in [0.15, 0.2) is 28.7 Å². The SMILES string of the molecule is COC(=O)c1sccc1NS(=O)(=O)c1cnc(Cl)nc1. The molecular weight excluding hydrogens is 326 g/mol. The molecule has 0 saturated carbocycles. The van der Waals surface area contributed by atoms with Gasteiger partial charge in [0.05, 0.1) is 25.2 Å². The zero-order valence-corrected chi connectivity index (χ0v) is 12.4. The molecule has 20 heavy (non-hydrogen) atoms. The van der Waals surface area contributed by atoms with Gasteiger partial charge in [-0.1, -0.05) is 0 Å². The number of sulfonamides is 1. The Morgan fingerprint density at radius 2 is 2.05 bits per heavy atom. The van der Waals surface area contributed by atoms with Crippen molar-refractivity contribution in [2.75, 3.05) is 11.8 Å². The molecule has 0 radical (unpaired) electrons. The Kier molecular flexibility index (Phi) is 4.21. The molecule has 0 amide bonds. The second kappa shape index (κ2) is 5.73. The Bertz CT molecular complexity index is 727. The van der Waals surface area contributed by atoms with Crippen LogP contribution in [0.25, 0.3) is 0 Å². The van der Waals surface area contributed by atoms with Crippen molar-refractivity contribution >= 4 is 44.6 Å². The van der Waals surface area contributed by atoms with E-state index in [4.69, 9.17) is 11.6 Å². The van der Waals surface area contributed by atoms with Gasteiger partial charge < -0.3 is 4.74 Å². The highest BCUT2D eigenvalue weighted by atomic mass is 35.5. The minimum Gasteiger partial charge on any atom is -0.465 e. The number of esters is 1. The van der Waals surface area contributed by atoms with Gasteiger partial charge in [0, 0.05) is 0 Å². The van der Waals surface area contributed by atoms with Gasteiger partial charge in [0.15, 0.2) is 0 Å². The number of ether oxygens (including phenoxy) is 1. The van der Waals surface area contributed by atoms with Crippen LogP contribution in [0.1, 0.15) is 9.67 Å². The Morgan fingerprint density at radius 3 is 2.65 bits per heavy atom. The van der Waals surface area contributed by atoms with Gasteiger partial charge in [-0.3, -0.25) is 4.72 Å². The number of hydrogen-bond donors (Lipinski definition) is 1. The Balaban J connectivity index is 2.32. The fourth-order valence-electron chi connectivity index (χ4n) is 1.28. The molecule has 0 unspecified atom stereocenters. The molecule has 106 valence electrons. The van der Waals surface area contributed by atoms with Crippen molar-refractivity contribution in [1.82, 2.24) is 9.97 Å². The van der Waals surface area contributed by atoms with Crippen molar-refractivity contribution in [2.45, 2.75) is 4.90 Å². The highest BCUT2D eigenvalue weighted by Crippen LogP contribution is 2.25. The summed E-state index contributed by atoms with van der Waals surface area (Å²) in [5.41, 5.74) is 0.136. The van der Waals surface area contributed by atoms with Crippen molar-refractivity contribution in [3.05, 3.63) is 34.0 Å². The summed E-state index contributed by atoms with van der Waals surface area (Å²) in [6, 6.07) is 1.46. The molecular formula is C10H8ClN3O4S2. The molecule has 0 atom stereocenters. The molecule has 0 spiro atoms. The van der Waals surface area contributed by atoms with Crippen LogP contribution in [0.4, 0.5) is 5.69 Å². The quantitative estimate of drug-likeness (QED) is 0.676. The second-order valence-corrected chi connectivity index (χ2v) is 6.38. The normalized spacial score (nSPS) is 11.1. The number of methoxy groups -OCH3 is 1. The van der Waals surface area contributed by atoms with Gasteiger partial charge in [0.25, 0.3) is 10.0 Å². The molecule has 2 aromatic heterocycles. The summed E-state index contributed by atoms with van der Waals surface area (Å²) in [5, 5.41) is 1.51. The van der Waals surface area contributed by atoms with Crippen molar-refractivity contribution < 1.29 is 17.9 Å². The summed E-state index contributed by atoms with van der Waals surface area (Å²) in [6.45, 7) is 0. The third-order valence-corrected chi connectivity index (χ3v) is 4.60. The minimum atomic E-state index is -3.90. The van der Waals surface area contributed by atoms with Crippen LogP contribution in [0.5, 0.6) is 0 Å². The van der Waals surface area contributed by atoms with Crippen LogP contribution in [-0.4, -0.2) is 31.5 Å². The number of hydrogen-bond acceptors (Lipinski definition) is 7. The molecule has 0 aliphatic carbocycles. The van der Waals surface area contributed by atoms with Crippen LogP contribution in [0.3, 0.4) is 0 Å². The lowest BCUT2D eigenvalue weighted by Crippen LogP contribution is -2.15. The number of carbonyl (C=O) groups is 1. The molecule has 0 saturated heterocycles. The molecule has 1 N–H and O–H groups in total. The predicted molar refractivity (Wildman–Crippen MR) is 73.5 cm³/mol. The first-order valence-electron chi connectivity index (χ1n) is 5.10. The summed E-state index contributed by atoms with van der Waals surface area (Å²) in [7, 11) is -2.68. The molecule has 10 heteroatoms. The number of rotatable bonds is 4. The van der Waals surface area contributed by atoms with E-state index in [1.54, 1.807) is 5.38 Å². The average Bonchev–Trinajstić information content (AvgIpc) is 2.85. The van der Waals surface area contributed by atoms with Crippen LogP contribution in [0.2, 0.25) is 5.28 Å². The van der Waals surface area contributed by atoms with Gasteiger partial charge in [-0.05, 0) is 23.0 Å². The maximum Gasteiger partial charge on any atom is 0.350 e. The van der Waals surface area contributed by atoms with E-state index in [9.17, 15) is 13.2 Å². The molecule has 0 aromatic carbocycles. The molecule has 2 heterocycles. The number of anilines is 1. The number of nitrogens with one attached hydrogen (secondary N) is 1. The van der Waals surface area contributed by atoms with E-state index < -0.39 is 16.0 Å². The zero-order chi connectivity index (χ0) is 14.8. The highest BCUT2D eigenvalue weighted by Gasteiger charge is 2.21. The fraction of sp³-hybridized carbons (Fsp3) is 0.100. The lowest BCUT2D eigenvalue weighted by atomic mass is 10.4. The standard InChI is InChI=1S/C10H8ClN3O4S2/c1-18-9(15)8-7(2-3-19-8)14-20(16,17)6-4-12-10(11)13-5-6/h2-5,14H,1H3.